The predicted molar refractivity (Wildman–Crippen MR) is 44.2 cm³/mol. The number of carbonyl (C=O) groups excluding carboxylic acids is 2. The maximum absolute atomic E-state index is 10.2. The molecule has 0 aliphatic carbocycles. The molecule has 0 aromatic carbocycles. The van der Waals surface area contributed by atoms with E-state index in [1.807, 2.05) is 19.9 Å². The van der Waals surface area contributed by atoms with E-state index in [1.54, 1.807) is 6.08 Å². The molecule has 0 aromatic heterocycles. The lowest BCUT2D eigenvalue weighted by Gasteiger charge is -1.91. The molecular weight excluding hydrogens is 140 g/mol. The van der Waals surface area contributed by atoms with Crippen LogP contribution in [0.2, 0.25) is 0 Å². The van der Waals surface area contributed by atoms with Crippen LogP contribution >= 0.6 is 0 Å². The topological polar surface area (TPSA) is 34.1 Å². The minimum absolute atomic E-state index is 0.394. The molecule has 0 aliphatic rings. The van der Waals surface area contributed by atoms with Crippen molar-refractivity contribution in [3.63, 3.8) is 0 Å². The first kappa shape index (κ1) is 9.82. The monoisotopic (exact) mass is 152 g/mol. The van der Waals surface area contributed by atoms with E-state index in [-0.39, 0.29) is 0 Å². The van der Waals surface area contributed by atoms with Crippen LogP contribution in [0.1, 0.15) is 13.8 Å². The summed E-state index contributed by atoms with van der Waals surface area (Å²) in [5.41, 5.74) is 0.411. The average molecular weight is 152 g/mol. The van der Waals surface area contributed by atoms with Crippen LogP contribution in [0, 0.1) is 5.92 Å². The molecule has 0 atom stereocenters. The standard InChI is InChI=1S/C9H12O2/c1-8(2)3-4-9(7-11)5-6-10/h3-8H,1-2H3/b4-3-,9-5+. The summed E-state index contributed by atoms with van der Waals surface area (Å²) in [5.74, 6) is 0.394. The Bertz CT molecular complexity index is 188. The molecular formula is C9H12O2. The quantitative estimate of drug-likeness (QED) is 0.348. The zero-order chi connectivity index (χ0) is 8.69. The minimum Gasteiger partial charge on any atom is -0.299 e. The van der Waals surface area contributed by atoms with Gasteiger partial charge in [0.05, 0.1) is 0 Å². The molecule has 0 saturated carbocycles. The molecule has 0 radical (unpaired) electrons. The molecule has 0 aromatic rings. The van der Waals surface area contributed by atoms with Gasteiger partial charge in [0.15, 0.2) is 0 Å². The highest BCUT2D eigenvalue weighted by atomic mass is 16.1. The largest absolute Gasteiger partial charge is 0.299 e. The second kappa shape index (κ2) is 5.59. The molecule has 0 amide bonds. The van der Waals surface area contributed by atoms with E-state index >= 15 is 0 Å². The number of hydrogen-bond acceptors (Lipinski definition) is 2. The molecule has 2 heteroatoms. The summed E-state index contributed by atoms with van der Waals surface area (Å²) >= 11 is 0. The Labute approximate surface area is 66.6 Å². The second-order valence-corrected chi connectivity index (χ2v) is 2.52. The molecule has 0 fully saturated rings. The maximum atomic E-state index is 10.2. The van der Waals surface area contributed by atoms with Crippen LogP contribution in [0.3, 0.4) is 0 Å². The van der Waals surface area contributed by atoms with Crippen molar-refractivity contribution in [2.45, 2.75) is 13.8 Å². The fourth-order valence-electron chi connectivity index (χ4n) is 0.516. The lowest BCUT2D eigenvalue weighted by Crippen LogP contribution is -1.83. The van der Waals surface area contributed by atoms with Gasteiger partial charge in [-0.2, -0.15) is 0 Å². The predicted octanol–water partition coefficient (Wildman–Crippen LogP) is 1.52. The molecule has 2 nitrogen and oxygen atoms in total. The van der Waals surface area contributed by atoms with Crippen LogP contribution in [0.15, 0.2) is 23.8 Å². The molecule has 0 rings (SSSR count). The smallest absolute Gasteiger partial charge is 0.150 e. The molecule has 0 spiro atoms. The maximum Gasteiger partial charge on any atom is 0.150 e. The summed E-state index contributed by atoms with van der Waals surface area (Å²) in [4.78, 5) is 20.2. The Hall–Kier alpha value is -1.18. The summed E-state index contributed by atoms with van der Waals surface area (Å²) < 4.78 is 0. The summed E-state index contributed by atoms with van der Waals surface area (Å²) in [6.45, 7) is 4.00. The molecule has 0 saturated heterocycles. The van der Waals surface area contributed by atoms with Crippen molar-refractivity contribution in [2.75, 3.05) is 0 Å². The first-order chi connectivity index (χ1) is 5.20. The van der Waals surface area contributed by atoms with Crippen molar-refractivity contribution < 1.29 is 9.59 Å². The number of allylic oxidation sites excluding steroid dienone is 4. The van der Waals surface area contributed by atoms with Gasteiger partial charge in [-0.05, 0) is 12.0 Å². The highest BCUT2D eigenvalue weighted by molar-refractivity contribution is 5.84. The molecule has 0 N–H and O–H groups in total. The normalized spacial score (nSPS) is 12.5. The molecule has 60 valence electrons. The minimum atomic E-state index is 0.394. The summed E-state index contributed by atoms with van der Waals surface area (Å²) in [7, 11) is 0. The van der Waals surface area contributed by atoms with Gasteiger partial charge in [0.25, 0.3) is 0 Å². The van der Waals surface area contributed by atoms with E-state index in [4.69, 9.17) is 0 Å². The third-order valence-electron chi connectivity index (χ3n) is 1.07. The fraction of sp³-hybridized carbons (Fsp3) is 0.333. The Morgan fingerprint density at radius 1 is 1.27 bits per heavy atom. The van der Waals surface area contributed by atoms with Crippen molar-refractivity contribution in [1.29, 1.82) is 0 Å². The van der Waals surface area contributed by atoms with Gasteiger partial charge in [0, 0.05) is 5.57 Å². The zero-order valence-corrected chi connectivity index (χ0v) is 6.78. The van der Waals surface area contributed by atoms with Crippen LogP contribution in [0.25, 0.3) is 0 Å². The van der Waals surface area contributed by atoms with Gasteiger partial charge in [0.1, 0.15) is 12.6 Å². The van der Waals surface area contributed by atoms with Crippen LogP contribution in [-0.4, -0.2) is 12.6 Å². The van der Waals surface area contributed by atoms with Crippen molar-refractivity contribution in [1.82, 2.24) is 0 Å². The molecule has 11 heavy (non-hydrogen) atoms. The fourth-order valence-corrected chi connectivity index (χ4v) is 0.516. The van der Waals surface area contributed by atoms with E-state index in [0.29, 0.717) is 24.1 Å². The third kappa shape index (κ3) is 5.27. The van der Waals surface area contributed by atoms with Gasteiger partial charge in [-0.3, -0.25) is 9.59 Å². The number of aldehydes is 2. The van der Waals surface area contributed by atoms with Gasteiger partial charge < -0.3 is 0 Å². The van der Waals surface area contributed by atoms with Crippen molar-refractivity contribution in [2.24, 2.45) is 5.92 Å². The van der Waals surface area contributed by atoms with E-state index in [0.717, 1.165) is 0 Å². The lowest BCUT2D eigenvalue weighted by atomic mass is 10.1. The molecule has 0 aliphatic heterocycles. The SMILES string of the molecule is CC(C)/C=C\C(C=O)=C/C=O. The second-order valence-electron chi connectivity index (χ2n) is 2.52. The van der Waals surface area contributed by atoms with Gasteiger partial charge in [-0.25, -0.2) is 0 Å². The van der Waals surface area contributed by atoms with Gasteiger partial charge in [0.2, 0.25) is 0 Å². The summed E-state index contributed by atoms with van der Waals surface area (Å²) in [6.07, 6.45) is 6.02. The Kier molecular flexibility index (Phi) is 4.99. The number of rotatable bonds is 4. The van der Waals surface area contributed by atoms with E-state index in [9.17, 15) is 9.59 Å². The zero-order valence-electron chi connectivity index (χ0n) is 6.78. The first-order valence-electron chi connectivity index (χ1n) is 3.49. The van der Waals surface area contributed by atoms with Crippen LogP contribution < -0.4 is 0 Å². The molecule has 0 bridgehead atoms. The van der Waals surface area contributed by atoms with E-state index in [2.05, 4.69) is 0 Å². The number of hydrogen-bond donors (Lipinski definition) is 0. The van der Waals surface area contributed by atoms with Crippen LogP contribution in [0.5, 0.6) is 0 Å². The molecule has 0 heterocycles. The van der Waals surface area contributed by atoms with Crippen molar-refractivity contribution in [3.8, 4) is 0 Å². The molecule has 0 unspecified atom stereocenters. The highest BCUT2D eigenvalue weighted by Gasteiger charge is 1.88. The van der Waals surface area contributed by atoms with Crippen LogP contribution in [0.4, 0.5) is 0 Å². The van der Waals surface area contributed by atoms with Gasteiger partial charge in [-0.1, -0.05) is 26.0 Å². The van der Waals surface area contributed by atoms with Crippen molar-refractivity contribution >= 4 is 12.6 Å². The number of carbonyl (C=O) groups is 2. The Balaban J connectivity index is 4.18. The van der Waals surface area contributed by atoms with Gasteiger partial charge >= 0.3 is 0 Å². The van der Waals surface area contributed by atoms with Crippen molar-refractivity contribution in [3.05, 3.63) is 23.8 Å². The average Bonchev–Trinajstić information content (AvgIpc) is 1.97. The van der Waals surface area contributed by atoms with Gasteiger partial charge in [-0.15, -0.1) is 0 Å². The first-order valence-corrected chi connectivity index (χ1v) is 3.49. The Morgan fingerprint density at radius 3 is 2.27 bits per heavy atom. The Morgan fingerprint density at radius 2 is 1.91 bits per heavy atom. The summed E-state index contributed by atoms with van der Waals surface area (Å²) in [6, 6.07) is 0. The lowest BCUT2D eigenvalue weighted by molar-refractivity contribution is -0.106. The summed E-state index contributed by atoms with van der Waals surface area (Å²) in [5, 5.41) is 0. The van der Waals surface area contributed by atoms with E-state index < -0.39 is 0 Å². The van der Waals surface area contributed by atoms with Crippen LogP contribution in [-0.2, 0) is 9.59 Å². The highest BCUT2D eigenvalue weighted by Crippen LogP contribution is 1.97. The third-order valence-corrected chi connectivity index (χ3v) is 1.07. The van der Waals surface area contributed by atoms with E-state index in [1.165, 1.54) is 6.08 Å².